The molecular weight excluding hydrogens is 472 g/mol. The molecule has 3 aromatic carbocycles. The van der Waals surface area contributed by atoms with Crippen LogP contribution in [0.2, 0.25) is 5.02 Å². The third-order valence-corrected chi connectivity index (χ3v) is 5.00. The van der Waals surface area contributed by atoms with Crippen LogP contribution >= 0.6 is 11.6 Å². The van der Waals surface area contributed by atoms with Gasteiger partial charge in [0.05, 0.1) is 24.0 Å². The van der Waals surface area contributed by atoms with Gasteiger partial charge < -0.3 is 20.1 Å². The summed E-state index contributed by atoms with van der Waals surface area (Å²) in [4.78, 5) is 36.2. The molecule has 0 heterocycles. The summed E-state index contributed by atoms with van der Waals surface area (Å²) in [7, 11) is 1.45. The van der Waals surface area contributed by atoms with Crippen molar-refractivity contribution in [1.29, 1.82) is 0 Å². The Labute approximate surface area is 207 Å². The van der Waals surface area contributed by atoms with Gasteiger partial charge in [-0.3, -0.25) is 14.4 Å². The molecule has 0 saturated heterocycles. The summed E-state index contributed by atoms with van der Waals surface area (Å²) < 4.78 is 10.9. The molecule has 0 aliphatic rings. The molecule has 3 aromatic rings. The van der Waals surface area contributed by atoms with Crippen molar-refractivity contribution in [2.75, 3.05) is 24.4 Å². The summed E-state index contributed by atoms with van der Waals surface area (Å²) in [5.74, 6) is -1.46. The molecule has 35 heavy (non-hydrogen) atoms. The lowest BCUT2D eigenvalue weighted by atomic mass is 10.2. The zero-order valence-corrected chi connectivity index (χ0v) is 19.8. The highest BCUT2D eigenvalue weighted by atomic mass is 35.5. The minimum Gasteiger partial charge on any atom is -0.493 e. The van der Waals surface area contributed by atoms with E-state index in [0.717, 1.165) is 5.56 Å². The van der Waals surface area contributed by atoms with Gasteiger partial charge in [0.25, 0.3) is 5.91 Å². The van der Waals surface area contributed by atoms with E-state index in [4.69, 9.17) is 21.1 Å². The van der Waals surface area contributed by atoms with Crippen molar-refractivity contribution in [2.24, 2.45) is 5.10 Å². The first-order valence-corrected chi connectivity index (χ1v) is 10.8. The van der Waals surface area contributed by atoms with Gasteiger partial charge in [-0.2, -0.15) is 5.10 Å². The molecule has 3 N–H and O–H groups in total. The number of hydrogen-bond donors (Lipinski definition) is 3. The molecule has 0 saturated carbocycles. The van der Waals surface area contributed by atoms with Crippen LogP contribution in [0.1, 0.15) is 11.1 Å². The number of para-hydroxylation sites is 2. The second-order valence-corrected chi connectivity index (χ2v) is 7.60. The number of nitrogens with zero attached hydrogens (tertiary/aromatic N) is 1. The molecule has 0 aliphatic carbocycles. The second kappa shape index (κ2) is 12.2. The van der Waals surface area contributed by atoms with Crippen LogP contribution in [-0.4, -0.2) is 37.7 Å². The van der Waals surface area contributed by atoms with Gasteiger partial charge in [0.15, 0.2) is 18.1 Å². The van der Waals surface area contributed by atoms with E-state index in [9.17, 15) is 14.4 Å². The molecule has 9 nitrogen and oxygen atoms in total. The Bertz CT molecular complexity index is 1260. The standard InChI is InChI=1S/C25H23ClN4O5/c1-16-7-3-5-9-19(16)29-24(32)25(33)30-27-14-17-11-12-21(22(13-17)34-2)35-15-23(31)28-20-10-6-4-8-18(20)26/h3-14H,15H2,1-2H3,(H,28,31)(H,29,32)(H,30,33)/b27-14-. The van der Waals surface area contributed by atoms with Crippen LogP contribution in [0.4, 0.5) is 11.4 Å². The first-order chi connectivity index (χ1) is 16.9. The maximum atomic E-state index is 12.2. The molecule has 3 rings (SSSR count). The number of methoxy groups -OCH3 is 1. The van der Waals surface area contributed by atoms with Crippen LogP contribution in [0.3, 0.4) is 0 Å². The van der Waals surface area contributed by atoms with Crippen LogP contribution in [0, 0.1) is 6.92 Å². The Kier molecular flexibility index (Phi) is 8.80. The average Bonchev–Trinajstić information content (AvgIpc) is 2.85. The Morgan fingerprint density at radius 1 is 0.914 bits per heavy atom. The highest BCUT2D eigenvalue weighted by Crippen LogP contribution is 2.28. The molecule has 0 aliphatic heterocycles. The summed E-state index contributed by atoms with van der Waals surface area (Å²) >= 11 is 6.04. The predicted octanol–water partition coefficient (Wildman–Crippen LogP) is 3.76. The van der Waals surface area contributed by atoms with Crippen LogP contribution in [0.5, 0.6) is 11.5 Å². The van der Waals surface area contributed by atoms with Crippen molar-refractivity contribution >= 4 is 46.9 Å². The number of carbonyl (C=O) groups is 3. The maximum absolute atomic E-state index is 12.2. The zero-order chi connectivity index (χ0) is 25.2. The van der Waals surface area contributed by atoms with E-state index < -0.39 is 17.7 Å². The van der Waals surface area contributed by atoms with Crippen molar-refractivity contribution in [3.63, 3.8) is 0 Å². The number of benzene rings is 3. The van der Waals surface area contributed by atoms with E-state index in [-0.39, 0.29) is 6.61 Å². The van der Waals surface area contributed by atoms with E-state index >= 15 is 0 Å². The monoisotopic (exact) mass is 494 g/mol. The molecule has 10 heteroatoms. The lowest BCUT2D eigenvalue weighted by Crippen LogP contribution is -2.32. The van der Waals surface area contributed by atoms with Gasteiger partial charge in [-0.15, -0.1) is 0 Å². The fourth-order valence-corrected chi connectivity index (χ4v) is 3.07. The molecular formula is C25H23ClN4O5. The third-order valence-electron chi connectivity index (χ3n) is 4.67. The fourth-order valence-electron chi connectivity index (χ4n) is 2.88. The molecule has 0 unspecified atom stereocenters. The number of amides is 3. The zero-order valence-electron chi connectivity index (χ0n) is 19.0. The van der Waals surface area contributed by atoms with E-state index in [1.54, 1.807) is 54.6 Å². The minimum absolute atomic E-state index is 0.263. The van der Waals surface area contributed by atoms with Crippen molar-refractivity contribution in [2.45, 2.75) is 6.92 Å². The largest absolute Gasteiger partial charge is 0.493 e. The quantitative estimate of drug-likeness (QED) is 0.250. The molecule has 3 amide bonds. The van der Waals surface area contributed by atoms with Gasteiger partial charge in [0, 0.05) is 5.69 Å². The molecule has 0 fully saturated rings. The number of hydrazone groups is 1. The molecule has 0 aromatic heterocycles. The Morgan fingerprint density at radius 2 is 1.63 bits per heavy atom. The van der Waals surface area contributed by atoms with Gasteiger partial charge in [-0.05, 0) is 54.4 Å². The first kappa shape index (κ1) is 25.3. The van der Waals surface area contributed by atoms with Crippen LogP contribution in [0.15, 0.2) is 71.8 Å². The Hall–Kier alpha value is -4.37. The van der Waals surface area contributed by atoms with Gasteiger partial charge in [0.1, 0.15) is 0 Å². The highest BCUT2D eigenvalue weighted by Gasteiger charge is 2.14. The van der Waals surface area contributed by atoms with E-state index in [1.165, 1.54) is 13.3 Å². The van der Waals surface area contributed by atoms with E-state index in [1.807, 2.05) is 19.1 Å². The van der Waals surface area contributed by atoms with Crippen molar-refractivity contribution < 1.29 is 23.9 Å². The number of anilines is 2. The van der Waals surface area contributed by atoms with Crippen LogP contribution in [-0.2, 0) is 14.4 Å². The van der Waals surface area contributed by atoms with E-state index in [2.05, 4.69) is 21.2 Å². The normalized spacial score (nSPS) is 10.5. The summed E-state index contributed by atoms with van der Waals surface area (Å²) in [6.45, 7) is 1.55. The topological polar surface area (TPSA) is 118 Å². The lowest BCUT2D eigenvalue weighted by Gasteiger charge is -2.12. The summed E-state index contributed by atoms with van der Waals surface area (Å²) in [5.41, 5.74) is 4.59. The number of ether oxygens (including phenoxy) is 2. The summed E-state index contributed by atoms with van der Waals surface area (Å²) in [6, 6.07) is 18.8. The third kappa shape index (κ3) is 7.31. The second-order valence-electron chi connectivity index (χ2n) is 7.20. The first-order valence-electron chi connectivity index (χ1n) is 10.4. The maximum Gasteiger partial charge on any atom is 0.329 e. The lowest BCUT2D eigenvalue weighted by molar-refractivity contribution is -0.136. The van der Waals surface area contributed by atoms with E-state index in [0.29, 0.717) is 33.5 Å². The average molecular weight is 495 g/mol. The minimum atomic E-state index is -0.916. The molecule has 0 bridgehead atoms. The summed E-state index contributed by atoms with van der Waals surface area (Å²) in [5, 5.41) is 9.41. The summed E-state index contributed by atoms with van der Waals surface area (Å²) in [6.07, 6.45) is 1.34. The number of carbonyl (C=O) groups excluding carboxylic acids is 3. The van der Waals surface area contributed by atoms with Crippen molar-refractivity contribution in [1.82, 2.24) is 5.43 Å². The van der Waals surface area contributed by atoms with Crippen LogP contribution < -0.4 is 25.5 Å². The number of nitrogens with one attached hydrogen (secondary N) is 3. The fraction of sp³-hybridized carbons (Fsp3) is 0.120. The predicted molar refractivity (Wildman–Crippen MR) is 134 cm³/mol. The Balaban J connectivity index is 1.54. The SMILES string of the molecule is COc1cc(/C=N\NC(=O)C(=O)Nc2ccccc2C)ccc1OCC(=O)Nc1ccccc1Cl. The molecule has 180 valence electrons. The molecule has 0 spiro atoms. The number of halogens is 1. The van der Waals surface area contributed by atoms with Gasteiger partial charge in [-0.25, -0.2) is 5.43 Å². The van der Waals surface area contributed by atoms with Crippen molar-refractivity contribution in [3.05, 3.63) is 82.9 Å². The number of rotatable bonds is 8. The van der Waals surface area contributed by atoms with Crippen LogP contribution in [0.25, 0.3) is 0 Å². The number of hydrogen-bond acceptors (Lipinski definition) is 6. The van der Waals surface area contributed by atoms with Gasteiger partial charge in [-0.1, -0.05) is 41.9 Å². The molecule has 0 atom stereocenters. The smallest absolute Gasteiger partial charge is 0.329 e. The molecule has 0 radical (unpaired) electrons. The number of aryl methyl sites for hydroxylation is 1. The van der Waals surface area contributed by atoms with Crippen molar-refractivity contribution in [3.8, 4) is 11.5 Å². The Morgan fingerprint density at radius 3 is 2.34 bits per heavy atom. The van der Waals surface area contributed by atoms with Gasteiger partial charge in [0.2, 0.25) is 0 Å². The highest BCUT2D eigenvalue weighted by molar-refractivity contribution is 6.39. The van der Waals surface area contributed by atoms with Gasteiger partial charge >= 0.3 is 11.8 Å².